The first-order valence-electron chi connectivity index (χ1n) is 4.45. The predicted molar refractivity (Wildman–Crippen MR) is 61.0 cm³/mol. The maximum atomic E-state index is 8.82. The third-order valence-electron chi connectivity index (χ3n) is 1.81. The summed E-state index contributed by atoms with van der Waals surface area (Å²) in [5, 5.41) is 8.82. The van der Waals surface area contributed by atoms with E-state index in [1.165, 1.54) is 12.4 Å². The van der Waals surface area contributed by atoms with Gasteiger partial charge in [-0.25, -0.2) is 9.97 Å². The van der Waals surface area contributed by atoms with E-state index in [1.807, 2.05) is 24.3 Å². The first-order chi connectivity index (χ1) is 7.81. The predicted octanol–water partition coefficient (Wildman–Crippen LogP) is 2.90. The standard InChI is InChI=1S/C11H6BrN3O/c12-8-3-1-2-4-10(8)16-11-9(7-13)14-5-6-15-11/h1-6H. The molecule has 1 heterocycles. The van der Waals surface area contributed by atoms with E-state index in [0.29, 0.717) is 5.75 Å². The van der Waals surface area contributed by atoms with Crippen LogP contribution in [-0.4, -0.2) is 9.97 Å². The first kappa shape index (κ1) is 10.6. The minimum atomic E-state index is 0.165. The van der Waals surface area contributed by atoms with Crippen molar-refractivity contribution < 1.29 is 4.74 Å². The van der Waals surface area contributed by atoms with E-state index in [-0.39, 0.29) is 11.6 Å². The third kappa shape index (κ3) is 2.18. The van der Waals surface area contributed by atoms with Crippen LogP contribution in [-0.2, 0) is 0 Å². The largest absolute Gasteiger partial charge is 0.435 e. The normalized spacial score (nSPS) is 9.50. The SMILES string of the molecule is N#Cc1nccnc1Oc1ccccc1Br. The van der Waals surface area contributed by atoms with Crippen LogP contribution in [0.1, 0.15) is 5.69 Å². The molecule has 2 rings (SSSR count). The maximum absolute atomic E-state index is 8.82. The summed E-state index contributed by atoms with van der Waals surface area (Å²) in [5.74, 6) is 0.802. The molecule has 1 aromatic heterocycles. The number of hydrogen-bond donors (Lipinski definition) is 0. The van der Waals surface area contributed by atoms with Crippen molar-refractivity contribution in [3.63, 3.8) is 0 Å². The Kier molecular flexibility index (Phi) is 3.13. The summed E-state index contributed by atoms with van der Waals surface area (Å²) < 4.78 is 6.28. The molecule has 16 heavy (non-hydrogen) atoms. The topological polar surface area (TPSA) is 58.8 Å². The van der Waals surface area contributed by atoms with E-state index in [0.717, 1.165) is 4.47 Å². The lowest BCUT2D eigenvalue weighted by molar-refractivity contribution is 0.455. The van der Waals surface area contributed by atoms with Crippen LogP contribution in [0.4, 0.5) is 0 Å². The van der Waals surface area contributed by atoms with Gasteiger partial charge in [0, 0.05) is 12.4 Å². The minimum Gasteiger partial charge on any atom is -0.435 e. The van der Waals surface area contributed by atoms with Gasteiger partial charge >= 0.3 is 0 Å². The summed E-state index contributed by atoms with van der Waals surface area (Å²) in [5.41, 5.74) is 0.165. The van der Waals surface area contributed by atoms with Gasteiger partial charge in [0.15, 0.2) is 0 Å². The molecule has 0 atom stereocenters. The van der Waals surface area contributed by atoms with Crippen molar-refractivity contribution in [3.05, 3.63) is 46.8 Å². The van der Waals surface area contributed by atoms with E-state index in [9.17, 15) is 0 Å². The molecule has 5 heteroatoms. The van der Waals surface area contributed by atoms with Crippen molar-refractivity contribution in [1.29, 1.82) is 5.26 Å². The second kappa shape index (κ2) is 4.73. The molecule has 0 unspecified atom stereocenters. The molecule has 0 amide bonds. The van der Waals surface area contributed by atoms with Crippen molar-refractivity contribution in [2.45, 2.75) is 0 Å². The van der Waals surface area contributed by atoms with Crippen LogP contribution < -0.4 is 4.74 Å². The quantitative estimate of drug-likeness (QED) is 0.846. The highest BCUT2D eigenvalue weighted by Crippen LogP contribution is 2.28. The van der Waals surface area contributed by atoms with Crippen molar-refractivity contribution >= 4 is 15.9 Å². The van der Waals surface area contributed by atoms with Crippen molar-refractivity contribution in [2.24, 2.45) is 0 Å². The smallest absolute Gasteiger partial charge is 0.256 e. The van der Waals surface area contributed by atoms with Crippen LogP contribution in [0.2, 0.25) is 0 Å². The molecule has 1 aromatic carbocycles. The molecule has 2 aromatic rings. The summed E-state index contributed by atoms with van der Waals surface area (Å²) in [6.45, 7) is 0. The minimum absolute atomic E-state index is 0.165. The van der Waals surface area contributed by atoms with Gasteiger partial charge in [-0.1, -0.05) is 12.1 Å². The average Bonchev–Trinajstić information content (AvgIpc) is 2.33. The molecule has 0 radical (unpaired) electrons. The van der Waals surface area contributed by atoms with Gasteiger partial charge < -0.3 is 4.74 Å². The van der Waals surface area contributed by atoms with Gasteiger partial charge in [-0.3, -0.25) is 0 Å². The number of halogens is 1. The Labute approximate surface area is 101 Å². The first-order valence-corrected chi connectivity index (χ1v) is 5.24. The number of para-hydroxylation sites is 1. The average molecular weight is 276 g/mol. The molecule has 0 aliphatic rings. The summed E-state index contributed by atoms with van der Waals surface area (Å²) in [7, 11) is 0. The van der Waals surface area contributed by atoms with Gasteiger partial charge in [-0.2, -0.15) is 5.26 Å². The van der Waals surface area contributed by atoms with Crippen LogP contribution >= 0.6 is 15.9 Å². The number of aromatic nitrogens is 2. The fraction of sp³-hybridized carbons (Fsp3) is 0. The lowest BCUT2D eigenvalue weighted by atomic mass is 10.3. The maximum Gasteiger partial charge on any atom is 0.256 e. The van der Waals surface area contributed by atoms with Gasteiger partial charge in [0.2, 0.25) is 5.69 Å². The number of hydrogen-bond acceptors (Lipinski definition) is 4. The Morgan fingerprint density at radius 2 is 1.94 bits per heavy atom. The Balaban J connectivity index is 2.35. The monoisotopic (exact) mass is 275 g/mol. The Hall–Kier alpha value is -1.93. The Morgan fingerprint density at radius 3 is 2.69 bits per heavy atom. The lowest BCUT2D eigenvalue weighted by Crippen LogP contribution is -1.94. The lowest BCUT2D eigenvalue weighted by Gasteiger charge is -2.06. The van der Waals surface area contributed by atoms with Crippen LogP contribution in [0, 0.1) is 11.3 Å². The summed E-state index contributed by atoms with van der Waals surface area (Å²) in [6.07, 6.45) is 2.93. The molecule has 0 saturated heterocycles. The molecular formula is C11H6BrN3O. The highest BCUT2D eigenvalue weighted by atomic mass is 79.9. The Morgan fingerprint density at radius 1 is 1.19 bits per heavy atom. The summed E-state index contributed by atoms with van der Waals surface area (Å²) in [6, 6.07) is 9.25. The zero-order valence-electron chi connectivity index (χ0n) is 8.09. The van der Waals surface area contributed by atoms with Crippen molar-refractivity contribution in [1.82, 2.24) is 9.97 Å². The highest BCUT2D eigenvalue weighted by Gasteiger charge is 2.08. The number of rotatable bonds is 2. The van der Waals surface area contributed by atoms with Gasteiger partial charge in [0.05, 0.1) is 4.47 Å². The van der Waals surface area contributed by atoms with E-state index in [4.69, 9.17) is 10.00 Å². The van der Waals surface area contributed by atoms with E-state index < -0.39 is 0 Å². The van der Waals surface area contributed by atoms with E-state index in [1.54, 1.807) is 6.07 Å². The molecular weight excluding hydrogens is 270 g/mol. The fourth-order valence-corrected chi connectivity index (χ4v) is 1.47. The van der Waals surface area contributed by atoms with E-state index in [2.05, 4.69) is 25.9 Å². The number of benzene rings is 1. The molecule has 0 saturated carbocycles. The van der Waals surface area contributed by atoms with Crippen molar-refractivity contribution in [2.75, 3.05) is 0 Å². The molecule has 4 nitrogen and oxygen atoms in total. The van der Waals surface area contributed by atoms with Crippen LogP contribution in [0.15, 0.2) is 41.1 Å². The second-order valence-electron chi connectivity index (χ2n) is 2.85. The summed E-state index contributed by atoms with van der Waals surface area (Å²) >= 11 is 3.34. The van der Waals surface area contributed by atoms with Crippen LogP contribution in [0.25, 0.3) is 0 Å². The zero-order valence-corrected chi connectivity index (χ0v) is 9.68. The molecule has 0 aliphatic heterocycles. The number of nitriles is 1. The number of nitrogens with zero attached hydrogens (tertiary/aromatic N) is 3. The fourth-order valence-electron chi connectivity index (χ4n) is 1.11. The second-order valence-corrected chi connectivity index (χ2v) is 3.71. The van der Waals surface area contributed by atoms with Gasteiger partial charge in [0.1, 0.15) is 11.8 Å². The molecule has 0 bridgehead atoms. The summed E-state index contributed by atoms with van der Waals surface area (Å²) in [4.78, 5) is 7.82. The van der Waals surface area contributed by atoms with Crippen molar-refractivity contribution in [3.8, 4) is 17.7 Å². The van der Waals surface area contributed by atoms with Crippen LogP contribution in [0.5, 0.6) is 11.6 Å². The third-order valence-corrected chi connectivity index (χ3v) is 2.47. The molecule has 0 fully saturated rings. The molecule has 0 N–H and O–H groups in total. The molecule has 78 valence electrons. The van der Waals surface area contributed by atoms with E-state index >= 15 is 0 Å². The zero-order chi connectivity index (χ0) is 11.4. The van der Waals surface area contributed by atoms with Gasteiger partial charge in [-0.05, 0) is 28.1 Å². The Bertz CT molecular complexity index is 551. The van der Waals surface area contributed by atoms with Gasteiger partial charge in [-0.15, -0.1) is 0 Å². The highest BCUT2D eigenvalue weighted by molar-refractivity contribution is 9.10. The molecule has 0 aliphatic carbocycles. The number of ether oxygens (including phenoxy) is 1. The molecule has 0 spiro atoms. The van der Waals surface area contributed by atoms with Crippen LogP contribution in [0.3, 0.4) is 0 Å². The van der Waals surface area contributed by atoms with Gasteiger partial charge in [0.25, 0.3) is 5.88 Å².